The highest BCUT2D eigenvalue weighted by Gasteiger charge is 2.32. The van der Waals surface area contributed by atoms with E-state index in [1.54, 1.807) is 6.08 Å². The molecule has 0 atom stereocenters. The molecule has 0 aromatic heterocycles. The second kappa shape index (κ2) is 3.16. The lowest BCUT2D eigenvalue weighted by Crippen LogP contribution is -2.16. The van der Waals surface area contributed by atoms with Crippen molar-refractivity contribution in [2.75, 3.05) is 0 Å². The van der Waals surface area contributed by atoms with E-state index in [0.717, 1.165) is 23.3 Å². The number of carbonyl (C=O) groups excluding carboxylic acids is 1. The number of ketones is 1. The Balaban J connectivity index is 2.21. The summed E-state index contributed by atoms with van der Waals surface area (Å²) in [6.45, 7) is 6.49. The Morgan fingerprint density at radius 3 is 2.88 bits per heavy atom. The van der Waals surface area contributed by atoms with Crippen LogP contribution in [0.15, 0.2) is 51.7 Å². The molecule has 0 N–H and O–H groups in total. The van der Waals surface area contributed by atoms with E-state index in [9.17, 15) is 4.79 Å². The highest BCUT2D eigenvalue weighted by atomic mass is 16.1. The second-order valence-electron chi connectivity index (χ2n) is 5.40. The number of nitrogens with zero attached hydrogens (tertiary/aromatic N) is 1. The summed E-state index contributed by atoms with van der Waals surface area (Å²) in [5.74, 6) is 0.0397. The summed E-state index contributed by atoms with van der Waals surface area (Å²) in [7, 11) is 0. The van der Waals surface area contributed by atoms with Gasteiger partial charge >= 0.3 is 0 Å². The van der Waals surface area contributed by atoms with Crippen molar-refractivity contribution in [2.45, 2.75) is 27.2 Å². The zero-order chi connectivity index (χ0) is 12.2. The van der Waals surface area contributed by atoms with Crippen LogP contribution >= 0.6 is 0 Å². The average molecular weight is 225 g/mol. The molecule has 1 heterocycles. The fourth-order valence-corrected chi connectivity index (χ4v) is 2.43. The van der Waals surface area contributed by atoms with Gasteiger partial charge in [0.25, 0.3) is 0 Å². The fourth-order valence-electron chi connectivity index (χ4n) is 2.43. The number of rotatable bonds is 0. The van der Waals surface area contributed by atoms with E-state index in [1.807, 2.05) is 6.08 Å². The van der Waals surface area contributed by atoms with E-state index in [2.05, 4.69) is 37.9 Å². The molecular formula is C15H15NO. The molecule has 17 heavy (non-hydrogen) atoms. The van der Waals surface area contributed by atoms with Gasteiger partial charge < -0.3 is 0 Å². The molecule has 0 radical (unpaired) electrons. The molecular weight excluding hydrogens is 210 g/mol. The maximum absolute atomic E-state index is 11.8. The van der Waals surface area contributed by atoms with E-state index in [4.69, 9.17) is 0 Å². The fraction of sp³-hybridized carbons (Fsp3) is 0.333. The van der Waals surface area contributed by atoms with Crippen LogP contribution in [0.2, 0.25) is 0 Å². The number of hydrogen-bond acceptors (Lipinski definition) is 2. The van der Waals surface area contributed by atoms with Crippen molar-refractivity contribution in [2.24, 2.45) is 10.4 Å². The van der Waals surface area contributed by atoms with Crippen LogP contribution in [0.25, 0.3) is 0 Å². The molecule has 3 aliphatic rings. The lowest BCUT2D eigenvalue weighted by Gasteiger charge is -2.26. The molecule has 0 aromatic rings. The van der Waals surface area contributed by atoms with Crippen molar-refractivity contribution in [3.05, 3.63) is 46.7 Å². The highest BCUT2D eigenvalue weighted by molar-refractivity contribution is 6.51. The van der Waals surface area contributed by atoms with Crippen molar-refractivity contribution < 1.29 is 4.79 Å². The van der Waals surface area contributed by atoms with Crippen molar-refractivity contribution in [3.63, 3.8) is 0 Å². The monoisotopic (exact) mass is 225 g/mol. The molecule has 0 amide bonds. The number of aliphatic imine (C=N–C) groups is 1. The summed E-state index contributed by atoms with van der Waals surface area (Å²) >= 11 is 0. The summed E-state index contributed by atoms with van der Waals surface area (Å²) in [5, 5.41) is 0. The van der Waals surface area contributed by atoms with Gasteiger partial charge in [-0.25, -0.2) is 4.99 Å². The van der Waals surface area contributed by atoms with Gasteiger partial charge in [0.15, 0.2) is 0 Å². The van der Waals surface area contributed by atoms with Gasteiger partial charge in [0, 0.05) is 11.0 Å². The maximum Gasteiger partial charge on any atom is 0.204 e. The minimum absolute atomic E-state index is 0.0351. The second-order valence-corrected chi connectivity index (χ2v) is 5.40. The quantitative estimate of drug-likeness (QED) is 0.622. The minimum atomic E-state index is 0.0351. The van der Waals surface area contributed by atoms with E-state index in [0.29, 0.717) is 5.71 Å². The van der Waals surface area contributed by atoms with E-state index >= 15 is 0 Å². The van der Waals surface area contributed by atoms with Crippen LogP contribution < -0.4 is 0 Å². The minimum Gasteiger partial charge on any atom is -0.288 e. The number of fused-ring (bicyclic) bond motifs is 2. The Morgan fingerprint density at radius 1 is 1.35 bits per heavy atom. The number of carbonyl (C=O) groups is 1. The van der Waals surface area contributed by atoms with Gasteiger partial charge in [-0.2, -0.15) is 0 Å². The first kappa shape index (κ1) is 10.5. The standard InChI is InChI=1S/C15H15NO/c1-9-7-11-10-5-4-6-13(17)14(10)16-12(11)8-15(9,2)3/h4,6-8H,5H2,1-3H3. The largest absolute Gasteiger partial charge is 0.288 e. The van der Waals surface area contributed by atoms with Gasteiger partial charge in [-0.1, -0.05) is 31.6 Å². The van der Waals surface area contributed by atoms with Crippen molar-refractivity contribution in [1.29, 1.82) is 0 Å². The molecule has 2 aliphatic carbocycles. The van der Waals surface area contributed by atoms with E-state index in [-0.39, 0.29) is 11.2 Å². The van der Waals surface area contributed by atoms with Crippen molar-refractivity contribution >= 4 is 11.5 Å². The molecule has 0 unspecified atom stereocenters. The van der Waals surface area contributed by atoms with Crippen LogP contribution in [-0.2, 0) is 4.79 Å². The molecule has 0 bridgehead atoms. The zero-order valence-electron chi connectivity index (χ0n) is 10.4. The van der Waals surface area contributed by atoms with Gasteiger partial charge in [-0.3, -0.25) is 4.79 Å². The molecule has 2 nitrogen and oxygen atoms in total. The summed E-state index contributed by atoms with van der Waals surface area (Å²) in [6.07, 6.45) is 8.73. The summed E-state index contributed by atoms with van der Waals surface area (Å²) < 4.78 is 0. The summed E-state index contributed by atoms with van der Waals surface area (Å²) in [4.78, 5) is 16.3. The molecule has 86 valence electrons. The topological polar surface area (TPSA) is 29.4 Å². The van der Waals surface area contributed by atoms with E-state index in [1.165, 1.54) is 5.57 Å². The predicted octanol–water partition coefficient (Wildman–Crippen LogP) is 3.14. The Morgan fingerprint density at radius 2 is 2.12 bits per heavy atom. The lowest BCUT2D eigenvalue weighted by molar-refractivity contribution is -0.108. The van der Waals surface area contributed by atoms with Gasteiger partial charge in [-0.05, 0) is 31.1 Å². The molecule has 0 aromatic carbocycles. The Labute approximate surface area is 101 Å². The molecule has 0 spiro atoms. The van der Waals surface area contributed by atoms with Crippen molar-refractivity contribution in [3.8, 4) is 0 Å². The van der Waals surface area contributed by atoms with Crippen LogP contribution in [0.3, 0.4) is 0 Å². The molecule has 0 saturated carbocycles. The molecule has 0 saturated heterocycles. The average Bonchev–Trinajstić information content (AvgIpc) is 2.58. The summed E-state index contributed by atoms with van der Waals surface area (Å²) in [6, 6.07) is 0. The van der Waals surface area contributed by atoms with Crippen LogP contribution in [-0.4, -0.2) is 11.5 Å². The number of allylic oxidation sites excluding steroid dienone is 6. The predicted molar refractivity (Wildman–Crippen MR) is 68.8 cm³/mol. The SMILES string of the molecule is CC1=CC2=C3CC=CC(=O)C3=NC2=CC1(C)C. The zero-order valence-corrected chi connectivity index (χ0v) is 10.4. The molecule has 3 rings (SSSR count). The third-order valence-corrected chi connectivity index (χ3v) is 3.82. The molecule has 0 fully saturated rings. The first-order chi connectivity index (χ1) is 7.99. The normalized spacial score (nSPS) is 25.1. The van der Waals surface area contributed by atoms with Gasteiger partial charge in [0.2, 0.25) is 5.78 Å². The van der Waals surface area contributed by atoms with Crippen LogP contribution in [0.1, 0.15) is 27.2 Å². The lowest BCUT2D eigenvalue weighted by atomic mass is 9.78. The van der Waals surface area contributed by atoms with Crippen LogP contribution in [0.4, 0.5) is 0 Å². The summed E-state index contributed by atoms with van der Waals surface area (Å²) in [5.41, 5.74) is 5.22. The first-order valence-electron chi connectivity index (χ1n) is 5.94. The molecule has 2 heteroatoms. The highest BCUT2D eigenvalue weighted by Crippen LogP contribution is 2.42. The van der Waals surface area contributed by atoms with Gasteiger partial charge in [0.1, 0.15) is 5.71 Å². The smallest absolute Gasteiger partial charge is 0.204 e. The third kappa shape index (κ3) is 1.40. The van der Waals surface area contributed by atoms with E-state index < -0.39 is 0 Å². The third-order valence-electron chi connectivity index (χ3n) is 3.82. The van der Waals surface area contributed by atoms with Gasteiger partial charge in [0.05, 0.1) is 5.70 Å². The Kier molecular flexibility index (Phi) is 1.94. The molecule has 1 aliphatic heterocycles. The van der Waals surface area contributed by atoms with Crippen LogP contribution in [0, 0.1) is 5.41 Å². The first-order valence-corrected chi connectivity index (χ1v) is 5.94. The Bertz CT molecular complexity index is 580. The Hall–Kier alpha value is -1.70. The number of hydrogen-bond donors (Lipinski definition) is 0. The van der Waals surface area contributed by atoms with Crippen LogP contribution in [0.5, 0.6) is 0 Å². The maximum atomic E-state index is 11.8. The van der Waals surface area contributed by atoms with Crippen molar-refractivity contribution in [1.82, 2.24) is 0 Å². The van der Waals surface area contributed by atoms with Gasteiger partial charge in [-0.15, -0.1) is 0 Å².